The second-order valence-electron chi connectivity index (χ2n) is 6.11. The molecular formula is C21H16BrCl4NO2. The summed E-state index contributed by atoms with van der Waals surface area (Å²) in [4.78, 5) is 0. The molecular weight excluding hydrogens is 520 g/mol. The summed E-state index contributed by atoms with van der Waals surface area (Å²) in [7, 11) is 1.59. The number of hydrogen-bond acceptors (Lipinski definition) is 3. The summed E-state index contributed by atoms with van der Waals surface area (Å²) in [5, 5.41) is 5.53. The van der Waals surface area contributed by atoms with Crippen molar-refractivity contribution in [2.75, 3.05) is 12.4 Å². The summed E-state index contributed by atoms with van der Waals surface area (Å²) in [6, 6.07) is 14.5. The van der Waals surface area contributed by atoms with E-state index in [9.17, 15) is 0 Å². The third kappa shape index (κ3) is 5.87. The Hall–Kier alpha value is -1.30. The molecule has 0 saturated heterocycles. The smallest absolute Gasteiger partial charge is 0.175 e. The van der Waals surface area contributed by atoms with Crippen molar-refractivity contribution in [3.8, 4) is 11.5 Å². The molecule has 0 aliphatic carbocycles. The van der Waals surface area contributed by atoms with Crippen molar-refractivity contribution in [2.24, 2.45) is 0 Å². The Morgan fingerprint density at radius 1 is 0.931 bits per heavy atom. The fraction of sp³-hybridized carbons (Fsp3) is 0.143. The quantitative estimate of drug-likeness (QED) is 0.330. The monoisotopic (exact) mass is 533 g/mol. The van der Waals surface area contributed by atoms with Crippen molar-refractivity contribution in [3.63, 3.8) is 0 Å². The van der Waals surface area contributed by atoms with E-state index in [-0.39, 0.29) is 6.61 Å². The fourth-order valence-electron chi connectivity index (χ4n) is 2.69. The van der Waals surface area contributed by atoms with Crippen LogP contribution in [0.1, 0.15) is 11.1 Å². The molecule has 0 amide bonds. The predicted molar refractivity (Wildman–Crippen MR) is 125 cm³/mol. The van der Waals surface area contributed by atoms with E-state index in [1.165, 1.54) is 0 Å². The van der Waals surface area contributed by atoms with Crippen molar-refractivity contribution in [3.05, 3.63) is 84.2 Å². The molecule has 3 aromatic carbocycles. The first-order valence-electron chi connectivity index (χ1n) is 8.49. The highest BCUT2D eigenvalue weighted by molar-refractivity contribution is 9.10. The first-order chi connectivity index (χ1) is 13.9. The Morgan fingerprint density at radius 2 is 1.59 bits per heavy atom. The van der Waals surface area contributed by atoms with Gasteiger partial charge < -0.3 is 14.8 Å². The van der Waals surface area contributed by atoms with Gasteiger partial charge >= 0.3 is 0 Å². The van der Waals surface area contributed by atoms with Gasteiger partial charge in [0, 0.05) is 37.9 Å². The van der Waals surface area contributed by atoms with Crippen molar-refractivity contribution >= 4 is 68.0 Å². The van der Waals surface area contributed by atoms with Crippen LogP contribution in [0.25, 0.3) is 0 Å². The minimum absolute atomic E-state index is 0.214. The predicted octanol–water partition coefficient (Wildman–Crippen LogP) is 8.26. The average molecular weight is 536 g/mol. The Labute approximate surface area is 197 Å². The molecule has 0 aliphatic heterocycles. The first kappa shape index (κ1) is 22.4. The highest BCUT2D eigenvalue weighted by Crippen LogP contribution is 2.38. The Morgan fingerprint density at radius 3 is 2.21 bits per heavy atom. The molecule has 0 atom stereocenters. The molecule has 0 unspecified atom stereocenters. The number of benzene rings is 3. The number of methoxy groups -OCH3 is 1. The van der Waals surface area contributed by atoms with Gasteiger partial charge in [0.15, 0.2) is 11.5 Å². The van der Waals surface area contributed by atoms with Crippen LogP contribution < -0.4 is 14.8 Å². The molecule has 0 saturated carbocycles. The molecule has 152 valence electrons. The number of anilines is 1. The van der Waals surface area contributed by atoms with Gasteiger partial charge in [-0.1, -0.05) is 52.5 Å². The molecule has 3 nitrogen and oxygen atoms in total. The summed E-state index contributed by atoms with van der Waals surface area (Å²) < 4.78 is 12.2. The summed E-state index contributed by atoms with van der Waals surface area (Å²) >= 11 is 28.1. The van der Waals surface area contributed by atoms with E-state index in [4.69, 9.17) is 55.9 Å². The van der Waals surface area contributed by atoms with Crippen LogP contribution in [0.5, 0.6) is 11.5 Å². The number of rotatable bonds is 7. The van der Waals surface area contributed by atoms with Crippen molar-refractivity contribution in [1.29, 1.82) is 0 Å². The number of halogens is 5. The lowest BCUT2D eigenvalue weighted by Crippen LogP contribution is -2.03. The largest absolute Gasteiger partial charge is 0.493 e. The second-order valence-corrected chi connectivity index (χ2v) is 8.65. The van der Waals surface area contributed by atoms with E-state index in [1.807, 2.05) is 24.3 Å². The SMILES string of the molecule is COc1cc(CNc2cc(Cl)cc(Cl)c2)cc(Br)c1OCc1c(Cl)cccc1Cl. The molecule has 3 aromatic rings. The van der Waals surface area contributed by atoms with Gasteiger partial charge in [0.05, 0.1) is 11.6 Å². The highest BCUT2D eigenvalue weighted by atomic mass is 79.9. The van der Waals surface area contributed by atoms with Gasteiger partial charge in [-0.05, 0) is 64.0 Å². The van der Waals surface area contributed by atoms with Gasteiger partial charge in [0.25, 0.3) is 0 Å². The fourth-order valence-corrected chi connectivity index (χ4v) is 4.33. The third-order valence-corrected chi connectivity index (χ3v) is 5.80. The lowest BCUT2D eigenvalue weighted by molar-refractivity contribution is 0.282. The van der Waals surface area contributed by atoms with Crippen LogP contribution in [0, 0.1) is 0 Å². The maximum atomic E-state index is 6.22. The molecule has 0 aromatic heterocycles. The molecule has 0 spiro atoms. The van der Waals surface area contributed by atoms with E-state index < -0.39 is 0 Å². The number of hydrogen-bond donors (Lipinski definition) is 1. The van der Waals surface area contributed by atoms with Crippen LogP contribution in [-0.4, -0.2) is 7.11 Å². The minimum Gasteiger partial charge on any atom is -0.493 e. The van der Waals surface area contributed by atoms with Crippen molar-refractivity contribution in [1.82, 2.24) is 0 Å². The summed E-state index contributed by atoms with van der Waals surface area (Å²) in [6.07, 6.45) is 0. The number of ether oxygens (including phenoxy) is 2. The van der Waals surface area contributed by atoms with Crippen LogP contribution in [0.2, 0.25) is 20.1 Å². The van der Waals surface area contributed by atoms with E-state index in [0.29, 0.717) is 43.7 Å². The van der Waals surface area contributed by atoms with Gasteiger partial charge in [-0.2, -0.15) is 0 Å². The van der Waals surface area contributed by atoms with E-state index in [0.717, 1.165) is 15.7 Å². The maximum Gasteiger partial charge on any atom is 0.175 e. The topological polar surface area (TPSA) is 30.5 Å². The molecule has 0 aliphatic rings. The molecule has 0 fully saturated rings. The third-order valence-electron chi connectivity index (χ3n) is 4.07. The van der Waals surface area contributed by atoms with Crippen LogP contribution >= 0.6 is 62.3 Å². The van der Waals surface area contributed by atoms with Gasteiger partial charge in [0.2, 0.25) is 0 Å². The Balaban J connectivity index is 1.76. The van der Waals surface area contributed by atoms with Crippen molar-refractivity contribution in [2.45, 2.75) is 13.2 Å². The van der Waals surface area contributed by atoms with Crippen LogP contribution in [0.15, 0.2) is 53.0 Å². The standard InChI is InChI=1S/C21H16BrCl4NO2/c1-28-20-6-12(10-27-15-8-13(23)7-14(24)9-15)5-17(22)21(20)29-11-16-18(25)3-2-4-19(16)26/h2-9,27H,10-11H2,1H3. The molecule has 0 radical (unpaired) electrons. The lowest BCUT2D eigenvalue weighted by Gasteiger charge is -2.16. The van der Waals surface area contributed by atoms with E-state index >= 15 is 0 Å². The van der Waals surface area contributed by atoms with Crippen LogP contribution in [-0.2, 0) is 13.2 Å². The van der Waals surface area contributed by atoms with Gasteiger partial charge in [0.1, 0.15) is 6.61 Å². The number of nitrogens with one attached hydrogen (secondary N) is 1. The zero-order valence-corrected chi connectivity index (χ0v) is 19.8. The molecule has 8 heteroatoms. The Kier molecular flexibility index (Phi) is 7.83. The highest BCUT2D eigenvalue weighted by Gasteiger charge is 2.14. The molecule has 3 rings (SSSR count). The molecule has 0 bridgehead atoms. The van der Waals surface area contributed by atoms with Crippen molar-refractivity contribution < 1.29 is 9.47 Å². The minimum atomic E-state index is 0.214. The van der Waals surface area contributed by atoms with Gasteiger partial charge in [-0.3, -0.25) is 0 Å². The molecule has 0 heterocycles. The first-order valence-corrected chi connectivity index (χ1v) is 10.8. The zero-order chi connectivity index (χ0) is 21.0. The second kappa shape index (κ2) is 10.1. The van der Waals surface area contributed by atoms with Crippen LogP contribution in [0.3, 0.4) is 0 Å². The molecule has 1 N–H and O–H groups in total. The van der Waals surface area contributed by atoms with Gasteiger partial charge in [-0.25, -0.2) is 0 Å². The van der Waals surface area contributed by atoms with E-state index in [1.54, 1.807) is 31.4 Å². The molecule has 29 heavy (non-hydrogen) atoms. The van der Waals surface area contributed by atoms with Gasteiger partial charge in [-0.15, -0.1) is 0 Å². The summed E-state index contributed by atoms with van der Waals surface area (Å²) in [5.74, 6) is 1.15. The lowest BCUT2D eigenvalue weighted by atomic mass is 10.2. The summed E-state index contributed by atoms with van der Waals surface area (Å²) in [5.41, 5.74) is 2.52. The normalized spacial score (nSPS) is 10.7. The Bertz CT molecular complexity index is 989. The van der Waals surface area contributed by atoms with E-state index in [2.05, 4.69) is 21.2 Å². The summed E-state index contributed by atoms with van der Waals surface area (Å²) in [6.45, 7) is 0.758. The maximum absolute atomic E-state index is 6.22. The zero-order valence-electron chi connectivity index (χ0n) is 15.2. The van der Waals surface area contributed by atoms with Crippen LogP contribution in [0.4, 0.5) is 5.69 Å². The average Bonchev–Trinajstić information content (AvgIpc) is 2.66.